The molecule has 4 aromatic carbocycles. The number of hydrogen-bond acceptors (Lipinski definition) is 5. The first kappa shape index (κ1) is 34.2. The number of hydrogen-bond donors (Lipinski definition) is 2. The fourth-order valence-corrected chi connectivity index (χ4v) is 7.52. The van der Waals surface area contributed by atoms with Gasteiger partial charge < -0.3 is 15.4 Å². The topological polar surface area (TPSA) is 102 Å². The maximum Gasteiger partial charge on any atom is 0.298 e. The van der Waals surface area contributed by atoms with Crippen LogP contribution in [0.25, 0.3) is 21.9 Å². The van der Waals surface area contributed by atoms with Crippen LogP contribution in [0.4, 0.5) is 17.6 Å². The number of benzene rings is 4. The molecule has 0 aromatic heterocycles. The van der Waals surface area contributed by atoms with E-state index in [0.717, 1.165) is 37.8 Å². The first-order valence-electron chi connectivity index (χ1n) is 15.6. The molecule has 1 saturated heterocycles. The molecule has 3 N–H and O–H groups in total. The van der Waals surface area contributed by atoms with Crippen LogP contribution in [0.5, 0.6) is 5.75 Å². The van der Waals surface area contributed by atoms with Crippen LogP contribution in [0, 0.1) is 0 Å². The van der Waals surface area contributed by atoms with Gasteiger partial charge in [0.1, 0.15) is 5.75 Å². The Labute approximate surface area is 281 Å². The van der Waals surface area contributed by atoms with Crippen LogP contribution in [-0.2, 0) is 20.7 Å². The van der Waals surface area contributed by atoms with Crippen molar-refractivity contribution in [2.75, 3.05) is 13.1 Å². The summed E-state index contributed by atoms with van der Waals surface area (Å²) < 4.78 is 97.1. The van der Waals surface area contributed by atoms with Crippen LogP contribution in [0.15, 0.2) is 89.8 Å². The third kappa shape index (κ3) is 7.17. The molecule has 1 saturated carbocycles. The number of ether oxygens (including phenoxy) is 1. The van der Waals surface area contributed by atoms with E-state index in [1.807, 2.05) is 4.72 Å². The Balaban J connectivity index is 1.31. The third-order valence-corrected chi connectivity index (χ3v) is 10.7. The molecular formula is C35H34ClF4N3O4S. The molecule has 1 amide bonds. The zero-order valence-electron chi connectivity index (χ0n) is 25.7. The molecule has 254 valence electrons. The molecule has 0 radical (unpaired) electrons. The fraction of sp³-hybridized carbons (Fsp3) is 0.343. The highest BCUT2D eigenvalue weighted by Gasteiger charge is 2.52. The van der Waals surface area contributed by atoms with Gasteiger partial charge in [-0.2, -0.15) is 13.5 Å². The maximum atomic E-state index is 16.4. The molecule has 48 heavy (non-hydrogen) atoms. The molecule has 7 nitrogen and oxygen atoms in total. The lowest BCUT2D eigenvalue weighted by atomic mass is 9.95. The van der Waals surface area contributed by atoms with Gasteiger partial charge in [0, 0.05) is 17.1 Å². The van der Waals surface area contributed by atoms with Crippen molar-refractivity contribution in [2.45, 2.75) is 67.0 Å². The van der Waals surface area contributed by atoms with Gasteiger partial charge in [0.05, 0.1) is 23.6 Å². The van der Waals surface area contributed by atoms with E-state index in [9.17, 15) is 22.0 Å². The Kier molecular flexibility index (Phi) is 9.47. The molecule has 2 fully saturated rings. The second-order valence-corrected chi connectivity index (χ2v) is 14.5. The first-order chi connectivity index (χ1) is 22.7. The Hall–Kier alpha value is -3.71. The lowest BCUT2D eigenvalue weighted by Gasteiger charge is -2.39. The maximum absolute atomic E-state index is 16.4. The molecule has 13 heteroatoms. The Morgan fingerprint density at radius 2 is 1.52 bits per heavy atom. The Bertz CT molecular complexity index is 1900. The largest absolute Gasteiger partial charge is 0.490 e. The first-order valence-corrected chi connectivity index (χ1v) is 17.5. The van der Waals surface area contributed by atoms with Gasteiger partial charge in [-0.15, -0.1) is 0 Å². The zero-order valence-corrected chi connectivity index (χ0v) is 27.3. The van der Waals surface area contributed by atoms with Gasteiger partial charge in [-0.3, -0.25) is 4.79 Å². The molecule has 1 heterocycles. The molecule has 0 spiro atoms. The number of fused-ring (bicyclic) bond motifs is 1. The van der Waals surface area contributed by atoms with Crippen molar-refractivity contribution >= 4 is 38.3 Å². The van der Waals surface area contributed by atoms with Crippen molar-refractivity contribution in [3.63, 3.8) is 0 Å². The van der Waals surface area contributed by atoms with E-state index < -0.39 is 52.0 Å². The number of amides is 1. The summed E-state index contributed by atoms with van der Waals surface area (Å²) in [5.41, 5.74) is 6.07. The summed E-state index contributed by atoms with van der Waals surface area (Å²) in [6.45, 7) is -1.57. The normalized spacial score (nSPS) is 19.4. The number of rotatable bonds is 9. The molecule has 1 aliphatic carbocycles. The number of nitrogens with two attached hydrogens (primary N) is 1. The molecule has 2 atom stereocenters. The summed E-state index contributed by atoms with van der Waals surface area (Å²) in [6, 6.07) is 16.5. The van der Waals surface area contributed by atoms with Gasteiger partial charge in [0.15, 0.2) is 6.04 Å². The summed E-state index contributed by atoms with van der Waals surface area (Å²) in [6.07, 6.45) is 3.87. The molecule has 1 aliphatic heterocycles. The summed E-state index contributed by atoms with van der Waals surface area (Å²) in [4.78, 5) is 13.8. The molecule has 2 aliphatic rings. The minimum absolute atomic E-state index is 0.117. The highest BCUT2D eigenvalue weighted by molar-refractivity contribution is 7.89. The molecule has 6 rings (SSSR count). The summed E-state index contributed by atoms with van der Waals surface area (Å²) in [5.74, 6) is -8.56. The standard InChI is InChI=1S/C35H34ClF4N3O4S/c36-27-13-7-23(8-14-27)22-5-11-26(12-6-22)35(39,40)32(33(44)43-18-17-31(41)34(37,38)21-43)42-48(45,46)30-16-10-24-19-29(15-9-25(24)20-30)47-28-3-1-2-4-28/h5-16,19-20,28,31-32,42H,1-4,17-18,21,41H2/t31-,32+/m0/s1. The number of carbonyl (C=O) groups excluding carboxylic acids is 1. The molecule has 4 aromatic rings. The van der Waals surface area contributed by atoms with Crippen molar-refractivity contribution < 1.29 is 35.5 Å². The predicted molar refractivity (Wildman–Crippen MR) is 176 cm³/mol. The third-order valence-electron chi connectivity index (χ3n) is 8.99. The van der Waals surface area contributed by atoms with Gasteiger partial charge in [0.25, 0.3) is 11.8 Å². The van der Waals surface area contributed by atoms with Crippen LogP contribution in [0.3, 0.4) is 0 Å². The van der Waals surface area contributed by atoms with Crippen molar-refractivity contribution in [2.24, 2.45) is 5.73 Å². The van der Waals surface area contributed by atoms with Gasteiger partial charge in [-0.1, -0.05) is 60.1 Å². The predicted octanol–water partition coefficient (Wildman–Crippen LogP) is 7.12. The van der Waals surface area contributed by atoms with E-state index in [4.69, 9.17) is 22.1 Å². The summed E-state index contributed by atoms with van der Waals surface area (Å²) in [7, 11) is -4.78. The van der Waals surface area contributed by atoms with Crippen molar-refractivity contribution in [3.8, 4) is 16.9 Å². The van der Waals surface area contributed by atoms with E-state index in [0.29, 0.717) is 37.6 Å². The molecular weight excluding hydrogens is 670 g/mol. The van der Waals surface area contributed by atoms with Crippen molar-refractivity contribution in [1.82, 2.24) is 9.62 Å². The smallest absolute Gasteiger partial charge is 0.298 e. The number of likely N-dealkylation sites (tertiary alicyclic amines) is 1. The van der Waals surface area contributed by atoms with Crippen molar-refractivity contribution in [3.05, 3.63) is 95.5 Å². The summed E-state index contributed by atoms with van der Waals surface area (Å²) in [5, 5.41) is 1.65. The van der Waals surface area contributed by atoms with Crippen LogP contribution in [0.2, 0.25) is 5.02 Å². The average Bonchev–Trinajstić information content (AvgIpc) is 3.58. The number of nitrogens with one attached hydrogen (secondary N) is 1. The highest BCUT2D eigenvalue weighted by Crippen LogP contribution is 2.37. The van der Waals surface area contributed by atoms with Crippen LogP contribution >= 0.6 is 11.6 Å². The summed E-state index contributed by atoms with van der Waals surface area (Å²) >= 11 is 5.95. The number of halogens is 5. The number of sulfonamides is 1. The average molecular weight is 704 g/mol. The van der Waals surface area contributed by atoms with Gasteiger partial charge >= 0.3 is 0 Å². The monoisotopic (exact) mass is 703 g/mol. The van der Waals surface area contributed by atoms with Crippen LogP contribution < -0.4 is 15.2 Å². The SMILES string of the molecule is N[C@H]1CCN(C(=O)[C@@H](NS(=O)(=O)c2ccc3cc(OC4CCCC4)ccc3c2)C(F)(F)c2ccc(-c3ccc(Cl)cc3)cc2)CC1(F)F. The number of alkyl halides is 4. The lowest BCUT2D eigenvalue weighted by molar-refractivity contribution is -0.155. The van der Waals surface area contributed by atoms with Gasteiger partial charge in [-0.25, -0.2) is 17.2 Å². The Morgan fingerprint density at radius 3 is 2.17 bits per heavy atom. The van der Waals surface area contributed by atoms with E-state index in [1.165, 1.54) is 30.3 Å². The quantitative estimate of drug-likeness (QED) is 0.181. The second kappa shape index (κ2) is 13.3. The minimum Gasteiger partial charge on any atom is -0.490 e. The lowest BCUT2D eigenvalue weighted by Crippen LogP contribution is -2.62. The second-order valence-electron chi connectivity index (χ2n) is 12.4. The Morgan fingerprint density at radius 1 is 0.917 bits per heavy atom. The van der Waals surface area contributed by atoms with Crippen molar-refractivity contribution in [1.29, 1.82) is 0 Å². The van der Waals surface area contributed by atoms with Crippen LogP contribution in [-0.4, -0.2) is 56.4 Å². The van der Waals surface area contributed by atoms with E-state index in [2.05, 4.69) is 0 Å². The zero-order chi connectivity index (χ0) is 34.3. The van der Waals surface area contributed by atoms with Gasteiger partial charge in [-0.05, 0) is 90.4 Å². The van der Waals surface area contributed by atoms with Gasteiger partial charge in [0.2, 0.25) is 15.9 Å². The number of carbonyl (C=O) groups is 1. The van der Waals surface area contributed by atoms with E-state index in [-0.39, 0.29) is 24.0 Å². The molecule has 0 bridgehead atoms. The number of piperidine rings is 1. The molecule has 0 unspecified atom stereocenters. The highest BCUT2D eigenvalue weighted by atomic mass is 35.5. The van der Waals surface area contributed by atoms with Crippen LogP contribution in [0.1, 0.15) is 37.7 Å². The fourth-order valence-electron chi connectivity index (χ4n) is 6.17. The minimum atomic E-state index is -4.78. The van der Waals surface area contributed by atoms with E-state index in [1.54, 1.807) is 42.5 Å². The number of nitrogens with zero attached hydrogens (tertiary/aromatic N) is 1. The van der Waals surface area contributed by atoms with E-state index >= 15 is 8.78 Å².